The van der Waals surface area contributed by atoms with Crippen LogP contribution in [0.5, 0.6) is 0 Å². The minimum absolute atomic E-state index is 0.103. The minimum Gasteiger partial charge on any atom is -0.321 e. The molecule has 2 aromatic rings. The number of hydrogen-bond acceptors (Lipinski definition) is 1. The van der Waals surface area contributed by atoms with E-state index in [1.54, 1.807) is 12.1 Å². The van der Waals surface area contributed by atoms with Crippen LogP contribution in [0, 0.1) is 6.92 Å². The van der Waals surface area contributed by atoms with E-state index in [2.05, 4.69) is 11.9 Å². The highest BCUT2D eigenvalue weighted by Crippen LogP contribution is 2.24. The predicted molar refractivity (Wildman–Crippen MR) is 80.3 cm³/mol. The summed E-state index contributed by atoms with van der Waals surface area (Å²) in [6.07, 6.45) is 0. The van der Waals surface area contributed by atoms with Crippen molar-refractivity contribution in [1.29, 1.82) is 0 Å². The Morgan fingerprint density at radius 1 is 1.11 bits per heavy atom. The maximum absolute atomic E-state index is 12.2. The summed E-state index contributed by atoms with van der Waals surface area (Å²) in [5.74, 6) is -0.103. The van der Waals surface area contributed by atoms with Gasteiger partial charge in [-0.2, -0.15) is 0 Å². The first-order chi connectivity index (χ1) is 9.08. The quantitative estimate of drug-likeness (QED) is 0.866. The molecule has 0 spiro atoms. The Morgan fingerprint density at radius 2 is 1.79 bits per heavy atom. The third-order valence-corrected chi connectivity index (χ3v) is 2.92. The molecule has 0 heterocycles. The zero-order chi connectivity index (χ0) is 13.8. The van der Waals surface area contributed by atoms with Crippen molar-refractivity contribution in [2.24, 2.45) is 0 Å². The lowest BCUT2D eigenvalue weighted by Gasteiger charge is -2.12. The summed E-state index contributed by atoms with van der Waals surface area (Å²) in [6, 6.07) is 15.2. The summed E-state index contributed by atoms with van der Waals surface area (Å²) in [4.78, 5) is 12.2. The minimum atomic E-state index is -0.103. The molecule has 0 saturated heterocycles. The molecule has 0 saturated carbocycles. The molecule has 0 radical (unpaired) electrons. The van der Waals surface area contributed by atoms with Gasteiger partial charge in [-0.15, -0.1) is 0 Å². The first-order valence-corrected chi connectivity index (χ1v) is 6.21. The number of amides is 1. The van der Waals surface area contributed by atoms with Crippen molar-refractivity contribution in [1.82, 2.24) is 0 Å². The Bertz CT molecular complexity index is 614. The Kier molecular flexibility index (Phi) is 3.81. The predicted octanol–water partition coefficient (Wildman–Crippen LogP) is 4.28. The molecule has 2 aromatic carbocycles. The number of benzene rings is 2. The van der Waals surface area contributed by atoms with Crippen molar-refractivity contribution in [2.75, 3.05) is 5.32 Å². The molecule has 1 amide bonds. The number of hydrogen-bond donors (Lipinski definition) is 1. The van der Waals surface area contributed by atoms with Crippen molar-refractivity contribution in [3.05, 3.63) is 71.8 Å². The third-order valence-electron chi connectivity index (χ3n) is 2.92. The summed E-state index contributed by atoms with van der Waals surface area (Å²) in [5.41, 5.74) is 4.46. The molecular formula is C17H17NO. The van der Waals surface area contributed by atoms with Crippen LogP contribution in [0.15, 0.2) is 55.1 Å². The maximum atomic E-state index is 12.2. The van der Waals surface area contributed by atoms with E-state index < -0.39 is 0 Å². The Morgan fingerprint density at radius 3 is 2.42 bits per heavy atom. The van der Waals surface area contributed by atoms with Gasteiger partial charge in [-0.1, -0.05) is 36.9 Å². The first-order valence-electron chi connectivity index (χ1n) is 6.21. The van der Waals surface area contributed by atoms with Gasteiger partial charge in [0.25, 0.3) is 5.91 Å². The molecule has 19 heavy (non-hydrogen) atoms. The molecule has 0 aliphatic carbocycles. The van der Waals surface area contributed by atoms with E-state index >= 15 is 0 Å². The van der Waals surface area contributed by atoms with E-state index in [1.807, 2.05) is 50.2 Å². The topological polar surface area (TPSA) is 29.1 Å². The number of allylic oxidation sites excluding steroid dienone is 1. The average molecular weight is 251 g/mol. The molecule has 2 rings (SSSR count). The highest BCUT2D eigenvalue weighted by molar-refractivity contribution is 6.05. The highest BCUT2D eigenvalue weighted by Gasteiger charge is 2.09. The second-order valence-corrected chi connectivity index (χ2v) is 4.65. The summed E-state index contributed by atoms with van der Waals surface area (Å²) in [7, 11) is 0. The number of carbonyl (C=O) groups is 1. The molecule has 96 valence electrons. The van der Waals surface area contributed by atoms with E-state index in [4.69, 9.17) is 0 Å². The van der Waals surface area contributed by atoms with Crippen molar-refractivity contribution in [2.45, 2.75) is 13.8 Å². The largest absolute Gasteiger partial charge is 0.321 e. The van der Waals surface area contributed by atoms with Crippen molar-refractivity contribution < 1.29 is 4.79 Å². The number of nitrogens with one attached hydrogen (secondary N) is 1. The highest BCUT2D eigenvalue weighted by atomic mass is 16.1. The van der Waals surface area contributed by atoms with E-state index in [0.29, 0.717) is 5.56 Å². The number of anilines is 1. The molecule has 0 unspecified atom stereocenters. The molecule has 0 aromatic heterocycles. The Balaban J connectivity index is 2.31. The zero-order valence-electron chi connectivity index (χ0n) is 11.2. The van der Waals surface area contributed by atoms with Crippen molar-refractivity contribution in [3.63, 3.8) is 0 Å². The lowest BCUT2D eigenvalue weighted by molar-refractivity contribution is 0.102. The SMILES string of the molecule is C=C(C)c1ccc(C)cc1NC(=O)c1ccccc1. The van der Waals surface area contributed by atoms with Gasteiger partial charge in [0.05, 0.1) is 0 Å². The van der Waals surface area contributed by atoms with Crippen LogP contribution in [0.1, 0.15) is 28.4 Å². The summed E-state index contributed by atoms with van der Waals surface area (Å²) in [5, 5.41) is 2.95. The lowest BCUT2D eigenvalue weighted by atomic mass is 10.0. The monoisotopic (exact) mass is 251 g/mol. The number of carbonyl (C=O) groups excluding carboxylic acids is 1. The molecule has 0 aliphatic heterocycles. The average Bonchev–Trinajstić information content (AvgIpc) is 2.39. The van der Waals surface area contributed by atoms with E-state index in [9.17, 15) is 4.79 Å². The smallest absolute Gasteiger partial charge is 0.255 e. The van der Waals surface area contributed by atoms with Gasteiger partial charge < -0.3 is 5.32 Å². The molecule has 0 fully saturated rings. The summed E-state index contributed by atoms with van der Waals surface area (Å²) >= 11 is 0. The molecule has 0 atom stereocenters. The van der Waals surface area contributed by atoms with Crippen molar-refractivity contribution >= 4 is 17.2 Å². The first kappa shape index (κ1) is 13.1. The van der Waals surface area contributed by atoms with Crippen LogP contribution in [-0.2, 0) is 0 Å². The molecular weight excluding hydrogens is 234 g/mol. The van der Waals surface area contributed by atoms with Crippen LogP contribution in [-0.4, -0.2) is 5.91 Å². The van der Waals surface area contributed by atoms with Gasteiger partial charge in [-0.3, -0.25) is 4.79 Å². The summed E-state index contributed by atoms with van der Waals surface area (Å²) < 4.78 is 0. The lowest BCUT2D eigenvalue weighted by Crippen LogP contribution is -2.13. The van der Waals surface area contributed by atoms with Crippen LogP contribution < -0.4 is 5.32 Å². The maximum Gasteiger partial charge on any atom is 0.255 e. The second kappa shape index (κ2) is 5.53. The number of rotatable bonds is 3. The van der Waals surface area contributed by atoms with Gasteiger partial charge in [0.15, 0.2) is 0 Å². The van der Waals surface area contributed by atoms with E-state index in [-0.39, 0.29) is 5.91 Å². The molecule has 2 nitrogen and oxygen atoms in total. The zero-order valence-corrected chi connectivity index (χ0v) is 11.2. The summed E-state index contributed by atoms with van der Waals surface area (Å²) in [6.45, 7) is 7.88. The van der Waals surface area contributed by atoms with E-state index in [1.165, 1.54) is 0 Å². The molecule has 0 bridgehead atoms. The van der Waals surface area contributed by atoms with Crippen LogP contribution >= 0.6 is 0 Å². The Labute approximate surface area is 113 Å². The second-order valence-electron chi connectivity index (χ2n) is 4.65. The van der Waals surface area contributed by atoms with Gasteiger partial charge in [-0.25, -0.2) is 0 Å². The van der Waals surface area contributed by atoms with Crippen molar-refractivity contribution in [3.8, 4) is 0 Å². The van der Waals surface area contributed by atoms with Crippen LogP contribution in [0.3, 0.4) is 0 Å². The van der Waals surface area contributed by atoms with Gasteiger partial charge >= 0.3 is 0 Å². The molecule has 2 heteroatoms. The van der Waals surface area contributed by atoms with Gasteiger partial charge in [-0.05, 0) is 43.2 Å². The van der Waals surface area contributed by atoms with Crippen LogP contribution in [0.25, 0.3) is 5.57 Å². The fraction of sp³-hybridized carbons (Fsp3) is 0.118. The normalized spacial score (nSPS) is 10.0. The number of aryl methyl sites for hydroxylation is 1. The van der Waals surface area contributed by atoms with Gasteiger partial charge in [0.1, 0.15) is 0 Å². The third kappa shape index (κ3) is 3.10. The van der Waals surface area contributed by atoms with Crippen LogP contribution in [0.4, 0.5) is 5.69 Å². The van der Waals surface area contributed by atoms with E-state index in [0.717, 1.165) is 22.4 Å². The Hall–Kier alpha value is -2.35. The van der Waals surface area contributed by atoms with Gasteiger partial charge in [0, 0.05) is 16.8 Å². The fourth-order valence-corrected chi connectivity index (χ4v) is 1.92. The standard InChI is InChI=1S/C17H17NO/c1-12(2)15-10-9-13(3)11-16(15)18-17(19)14-7-5-4-6-8-14/h4-11H,1H2,2-3H3,(H,18,19). The van der Waals surface area contributed by atoms with Gasteiger partial charge in [0.2, 0.25) is 0 Å². The molecule has 0 aliphatic rings. The molecule has 1 N–H and O–H groups in total. The fourth-order valence-electron chi connectivity index (χ4n) is 1.92. The van der Waals surface area contributed by atoms with Crippen LogP contribution in [0.2, 0.25) is 0 Å².